The lowest BCUT2D eigenvalue weighted by atomic mass is 10.1. The van der Waals surface area contributed by atoms with E-state index >= 15 is 0 Å². The van der Waals surface area contributed by atoms with Crippen LogP contribution in [0.3, 0.4) is 0 Å². The third-order valence-corrected chi connectivity index (χ3v) is 4.30. The van der Waals surface area contributed by atoms with E-state index in [1.165, 1.54) is 29.8 Å². The Bertz CT molecular complexity index is 793. The molecule has 0 radical (unpaired) electrons. The molecule has 6 heteroatoms. The van der Waals surface area contributed by atoms with Gasteiger partial charge in [-0.05, 0) is 31.2 Å². The fraction of sp³-hybridized carbons (Fsp3) is 0.412. The first-order valence-electron chi connectivity index (χ1n) is 7.60. The Hall–Kier alpha value is -2.21. The lowest BCUT2D eigenvalue weighted by Crippen LogP contribution is -2.39. The third-order valence-electron chi connectivity index (χ3n) is 4.30. The minimum absolute atomic E-state index is 0.0414. The molecule has 1 heterocycles. The fourth-order valence-corrected chi connectivity index (χ4v) is 2.61. The van der Waals surface area contributed by atoms with Crippen LogP contribution >= 0.6 is 0 Å². The van der Waals surface area contributed by atoms with Gasteiger partial charge in [0.15, 0.2) is 0 Å². The Kier molecular flexibility index (Phi) is 5.15. The maximum Gasteiger partial charge on any atom is 0.330 e. The molecule has 0 saturated carbocycles. The van der Waals surface area contributed by atoms with Gasteiger partial charge in [0.2, 0.25) is 0 Å². The minimum atomic E-state index is -0.335. The van der Waals surface area contributed by atoms with E-state index in [0.29, 0.717) is 12.2 Å². The largest absolute Gasteiger partial charge is 0.330 e. The van der Waals surface area contributed by atoms with Crippen LogP contribution in [0.4, 0.5) is 4.39 Å². The van der Waals surface area contributed by atoms with Crippen molar-refractivity contribution in [3.63, 3.8) is 0 Å². The molecule has 1 aromatic carbocycles. The van der Waals surface area contributed by atoms with Crippen LogP contribution in [0.5, 0.6) is 0 Å². The van der Waals surface area contributed by atoms with Gasteiger partial charge in [0.1, 0.15) is 5.82 Å². The summed E-state index contributed by atoms with van der Waals surface area (Å²) in [6.45, 7) is 5.24. The lowest BCUT2D eigenvalue weighted by molar-refractivity contribution is 0.207. The SMILES string of the molecule is CCN(Cc1cc(=O)n(C)c(=O)n1C)[C@H](C)c1ccc(F)cc1. The molecule has 0 aliphatic heterocycles. The second kappa shape index (κ2) is 6.91. The Morgan fingerprint density at radius 2 is 1.74 bits per heavy atom. The monoisotopic (exact) mass is 319 g/mol. The van der Waals surface area contributed by atoms with Gasteiger partial charge < -0.3 is 0 Å². The van der Waals surface area contributed by atoms with E-state index in [4.69, 9.17) is 0 Å². The Morgan fingerprint density at radius 3 is 2.30 bits per heavy atom. The summed E-state index contributed by atoms with van der Waals surface area (Å²) in [5, 5.41) is 0. The van der Waals surface area contributed by atoms with Crippen molar-refractivity contribution in [1.82, 2.24) is 14.0 Å². The predicted octanol–water partition coefficient (Wildman–Crippen LogP) is 1.81. The zero-order valence-electron chi connectivity index (χ0n) is 13.9. The first-order chi connectivity index (χ1) is 10.8. The molecule has 0 spiro atoms. The highest BCUT2D eigenvalue weighted by Gasteiger charge is 2.17. The van der Waals surface area contributed by atoms with Crippen LogP contribution in [0.1, 0.15) is 31.1 Å². The summed E-state index contributed by atoms with van der Waals surface area (Å²) in [4.78, 5) is 26.0. The molecule has 1 aromatic heterocycles. The summed E-state index contributed by atoms with van der Waals surface area (Å²) in [5.74, 6) is -0.266. The highest BCUT2D eigenvalue weighted by Crippen LogP contribution is 2.21. The summed E-state index contributed by atoms with van der Waals surface area (Å²) in [5.41, 5.74) is 1.00. The minimum Gasteiger partial charge on any atom is -0.299 e. The van der Waals surface area contributed by atoms with Crippen molar-refractivity contribution >= 4 is 0 Å². The van der Waals surface area contributed by atoms with Crippen LogP contribution in [-0.2, 0) is 20.6 Å². The van der Waals surface area contributed by atoms with Gasteiger partial charge in [0, 0.05) is 38.4 Å². The molecular formula is C17H22FN3O2. The highest BCUT2D eigenvalue weighted by atomic mass is 19.1. The number of halogens is 1. The summed E-state index contributed by atoms with van der Waals surface area (Å²) >= 11 is 0. The van der Waals surface area contributed by atoms with Gasteiger partial charge >= 0.3 is 5.69 Å². The normalized spacial score (nSPS) is 12.6. The van der Waals surface area contributed by atoms with Gasteiger partial charge in [0.05, 0.1) is 0 Å². The van der Waals surface area contributed by atoms with Crippen LogP contribution in [-0.4, -0.2) is 20.6 Å². The maximum absolute atomic E-state index is 13.1. The summed E-state index contributed by atoms with van der Waals surface area (Å²) in [6, 6.07) is 7.92. The fourth-order valence-electron chi connectivity index (χ4n) is 2.61. The topological polar surface area (TPSA) is 47.2 Å². The highest BCUT2D eigenvalue weighted by molar-refractivity contribution is 5.19. The molecule has 0 N–H and O–H groups in total. The molecule has 2 aromatic rings. The van der Waals surface area contributed by atoms with Crippen molar-refractivity contribution in [3.05, 3.63) is 68.2 Å². The van der Waals surface area contributed by atoms with Gasteiger partial charge in [-0.3, -0.25) is 18.8 Å². The number of hydrogen-bond acceptors (Lipinski definition) is 3. The molecule has 0 aliphatic rings. The zero-order valence-corrected chi connectivity index (χ0v) is 13.9. The van der Waals surface area contributed by atoms with Crippen LogP contribution in [0, 0.1) is 5.82 Å². The van der Waals surface area contributed by atoms with Crippen LogP contribution in [0.15, 0.2) is 39.9 Å². The first kappa shape index (κ1) is 17.1. The van der Waals surface area contributed by atoms with Crippen molar-refractivity contribution < 1.29 is 4.39 Å². The second-order valence-corrected chi connectivity index (χ2v) is 5.67. The van der Waals surface area contributed by atoms with E-state index in [0.717, 1.165) is 16.7 Å². The zero-order chi connectivity index (χ0) is 17.1. The summed E-state index contributed by atoms with van der Waals surface area (Å²) < 4.78 is 15.6. The number of nitrogens with zero attached hydrogens (tertiary/aromatic N) is 3. The van der Waals surface area contributed by atoms with Crippen LogP contribution in [0.2, 0.25) is 0 Å². The standard InChI is InChI=1S/C17H22FN3O2/c1-5-21(12(2)13-6-8-14(18)9-7-13)11-15-10-16(22)20(4)17(23)19(15)3/h6-10,12H,5,11H2,1-4H3/t12-/m1/s1. The summed E-state index contributed by atoms with van der Waals surface area (Å²) in [6.07, 6.45) is 0. The Balaban J connectivity index is 2.31. The van der Waals surface area contributed by atoms with Crippen molar-refractivity contribution in [2.75, 3.05) is 6.54 Å². The Morgan fingerprint density at radius 1 is 1.13 bits per heavy atom. The molecule has 1 atom stereocenters. The van der Waals surface area contributed by atoms with Crippen LogP contribution in [0.25, 0.3) is 0 Å². The van der Waals surface area contributed by atoms with Gasteiger partial charge in [-0.1, -0.05) is 19.1 Å². The van der Waals surface area contributed by atoms with E-state index in [1.807, 2.05) is 13.8 Å². The quantitative estimate of drug-likeness (QED) is 0.844. The van der Waals surface area contributed by atoms with E-state index in [9.17, 15) is 14.0 Å². The van der Waals surface area contributed by atoms with Crippen molar-refractivity contribution in [2.24, 2.45) is 14.1 Å². The second-order valence-electron chi connectivity index (χ2n) is 5.67. The van der Waals surface area contributed by atoms with Crippen molar-refractivity contribution in [1.29, 1.82) is 0 Å². The van der Waals surface area contributed by atoms with E-state index in [1.54, 1.807) is 19.2 Å². The molecule has 0 unspecified atom stereocenters. The van der Waals surface area contributed by atoms with E-state index in [-0.39, 0.29) is 23.1 Å². The molecule has 23 heavy (non-hydrogen) atoms. The van der Waals surface area contributed by atoms with Crippen LogP contribution < -0.4 is 11.2 Å². The molecule has 0 aliphatic carbocycles. The number of rotatable bonds is 5. The summed E-state index contributed by atoms with van der Waals surface area (Å²) in [7, 11) is 3.13. The van der Waals surface area contributed by atoms with Gasteiger partial charge in [-0.25, -0.2) is 9.18 Å². The van der Waals surface area contributed by atoms with Gasteiger partial charge in [0.25, 0.3) is 5.56 Å². The van der Waals surface area contributed by atoms with Gasteiger partial charge in [-0.2, -0.15) is 0 Å². The lowest BCUT2D eigenvalue weighted by Gasteiger charge is -2.28. The number of hydrogen-bond donors (Lipinski definition) is 0. The third kappa shape index (κ3) is 3.59. The average molecular weight is 319 g/mol. The molecule has 0 saturated heterocycles. The average Bonchev–Trinajstić information content (AvgIpc) is 2.55. The molecule has 0 fully saturated rings. The molecular weight excluding hydrogens is 297 g/mol. The van der Waals surface area contributed by atoms with Crippen molar-refractivity contribution in [2.45, 2.75) is 26.4 Å². The molecule has 0 bridgehead atoms. The van der Waals surface area contributed by atoms with E-state index < -0.39 is 0 Å². The van der Waals surface area contributed by atoms with Gasteiger partial charge in [-0.15, -0.1) is 0 Å². The number of benzene rings is 1. The molecule has 5 nitrogen and oxygen atoms in total. The Labute approximate surface area is 134 Å². The molecule has 2 rings (SSSR count). The smallest absolute Gasteiger partial charge is 0.299 e. The number of aromatic nitrogens is 2. The van der Waals surface area contributed by atoms with Crippen molar-refractivity contribution in [3.8, 4) is 0 Å². The van der Waals surface area contributed by atoms with E-state index in [2.05, 4.69) is 4.90 Å². The maximum atomic E-state index is 13.1. The first-order valence-corrected chi connectivity index (χ1v) is 7.60. The predicted molar refractivity (Wildman–Crippen MR) is 87.8 cm³/mol. The molecule has 0 amide bonds. The molecule has 124 valence electrons.